The van der Waals surface area contributed by atoms with E-state index in [0.717, 1.165) is 17.5 Å². The Balaban J connectivity index is 1.68. The molecule has 4 nitrogen and oxygen atoms in total. The van der Waals surface area contributed by atoms with Crippen molar-refractivity contribution in [3.8, 4) is 11.5 Å². The van der Waals surface area contributed by atoms with Crippen LogP contribution in [0.5, 0.6) is 11.5 Å². The molecule has 0 aliphatic heterocycles. The summed E-state index contributed by atoms with van der Waals surface area (Å²) in [5, 5.41) is 26.8. The summed E-state index contributed by atoms with van der Waals surface area (Å²) in [5.74, 6) is -0.238. The lowest BCUT2D eigenvalue weighted by Gasteiger charge is -2.11. The Morgan fingerprint density at radius 3 is 2.29 bits per heavy atom. The zero-order valence-electron chi connectivity index (χ0n) is 12.9. The number of phenolic OH excluding ortho intramolecular Hbond substituents is 2. The van der Waals surface area contributed by atoms with Crippen molar-refractivity contribution < 1.29 is 10.2 Å². The highest BCUT2D eigenvalue weighted by molar-refractivity contribution is 7.80. The average molecular weight is 385 g/mol. The van der Waals surface area contributed by atoms with Crippen LogP contribution >= 0.6 is 35.4 Å². The molecule has 0 spiro atoms. The molecule has 4 N–H and O–H groups in total. The number of rotatable bonds is 6. The topological polar surface area (TPSA) is 64.5 Å². The Morgan fingerprint density at radius 2 is 1.62 bits per heavy atom. The van der Waals surface area contributed by atoms with Crippen LogP contribution in [0.15, 0.2) is 36.4 Å². The van der Waals surface area contributed by atoms with Gasteiger partial charge in [0.05, 0.1) is 0 Å². The standard InChI is InChI=1S/C17H18Cl2N2O2S/c18-13-3-2-12(14(19)10-13)6-8-21-17(24)20-7-5-11-1-4-15(22)16(23)9-11/h1-4,9-10,22-23H,5-8H2,(H2,20,21,24). The number of hydrogen-bond acceptors (Lipinski definition) is 3. The zero-order chi connectivity index (χ0) is 17.5. The van der Waals surface area contributed by atoms with E-state index >= 15 is 0 Å². The molecule has 0 saturated carbocycles. The Morgan fingerprint density at radius 1 is 0.917 bits per heavy atom. The van der Waals surface area contributed by atoms with Crippen molar-refractivity contribution in [3.63, 3.8) is 0 Å². The number of aromatic hydroxyl groups is 2. The second-order valence-corrected chi connectivity index (χ2v) is 6.49. The van der Waals surface area contributed by atoms with E-state index in [4.69, 9.17) is 35.4 Å². The van der Waals surface area contributed by atoms with Gasteiger partial charge in [-0.25, -0.2) is 0 Å². The molecule has 0 atom stereocenters. The molecule has 0 fully saturated rings. The van der Waals surface area contributed by atoms with Gasteiger partial charge in [0.2, 0.25) is 0 Å². The van der Waals surface area contributed by atoms with Gasteiger partial charge in [-0.1, -0.05) is 35.3 Å². The minimum absolute atomic E-state index is 0.118. The fourth-order valence-electron chi connectivity index (χ4n) is 2.14. The lowest BCUT2D eigenvalue weighted by molar-refractivity contribution is 0.403. The molecule has 0 aromatic heterocycles. The van der Waals surface area contributed by atoms with Gasteiger partial charge in [-0.15, -0.1) is 0 Å². The van der Waals surface area contributed by atoms with Crippen molar-refractivity contribution in [2.45, 2.75) is 12.8 Å². The molecule has 0 aliphatic rings. The smallest absolute Gasteiger partial charge is 0.166 e. The van der Waals surface area contributed by atoms with E-state index in [1.54, 1.807) is 12.1 Å². The van der Waals surface area contributed by atoms with Crippen LogP contribution in [0.1, 0.15) is 11.1 Å². The molecule has 24 heavy (non-hydrogen) atoms. The third kappa shape index (κ3) is 5.74. The largest absolute Gasteiger partial charge is 0.504 e. The molecule has 0 bridgehead atoms. The first-order valence-electron chi connectivity index (χ1n) is 7.42. The van der Waals surface area contributed by atoms with Crippen LogP contribution in [0.2, 0.25) is 10.0 Å². The Bertz CT molecular complexity index is 726. The van der Waals surface area contributed by atoms with Gasteiger partial charge in [0.1, 0.15) is 0 Å². The lowest BCUT2D eigenvalue weighted by atomic mass is 10.1. The maximum atomic E-state index is 9.44. The fourth-order valence-corrected chi connectivity index (χ4v) is 2.85. The highest BCUT2D eigenvalue weighted by Crippen LogP contribution is 2.24. The van der Waals surface area contributed by atoms with E-state index in [0.29, 0.717) is 34.7 Å². The molecule has 0 heterocycles. The van der Waals surface area contributed by atoms with Crippen molar-refractivity contribution >= 4 is 40.5 Å². The summed E-state index contributed by atoms with van der Waals surface area (Å²) < 4.78 is 0. The van der Waals surface area contributed by atoms with Crippen LogP contribution in [-0.4, -0.2) is 28.4 Å². The first-order chi connectivity index (χ1) is 11.5. The van der Waals surface area contributed by atoms with Crippen LogP contribution in [0.25, 0.3) is 0 Å². The molecule has 2 aromatic carbocycles. The van der Waals surface area contributed by atoms with E-state index in [2.05, 4.69) is 10.6 Å². The van der Waals surface area contributed by atoms with Crippen LogP contribution in [0, 0.1) is 0 Å². The summed E-state index contributed by atoms with van der Waals surface area (Å²) in [6, 6.07) is 10.2. The van der Waals surface area contributed by atoms with E-state index in [-0.39, 0.29) is 11.5 Å². The molecule has 0 radical (unpaired) electrons. The third-order valence-electron chi connectivity index (χ3n) is 3.43. The van der Waals surface area contributed by atoms with Gasteiger partial charge in [0.25, 0.3) is 0 Å². The second kappa shape index (κ2) is 8.97. The summed E-state index contributed by atoms with van der Waals surface area (Å²) in [4.78, 5) is 0. The molecule has 2 rings (SSSR count). The molecule has 0 unspecified atom stereocenters. The molecule has 7 heteroatoms. The number of benzene rings is 2. The normalized spacial score (nSPS) is 10.4. The van der Waals surface area contributed by atoms with Crippen molar-refractivity contribution in [2.75, 3.05) is 13.1 Å². The molecule has 0 aliphatic carbocycles. The van der Waals surface area contributed by atoms with Gasteiger partial charge in [0.15, 0.2) is 16.6 Å². The summed E-state index contributed by atoms with van der Waals surface area (Å²) in [6.07, 6.45) is 1.42. The number of phenols is 2. The lowest BCUT2D eigenvalue weighted by Crippen LogP contribution is -2.37. The predicted octanol–water partition coefficient (Wildman–Crippen LogP) is 3.65. The Kier molecular flexibility index (Phi) is 6.97. The molecule has 0 amide bonds. The van der Waals surface area contributed by atoms with Gasteiger partial charge < -0.3 is 20.8 Å². The molecule has 2 aromatic rings. The quantitative estimate of drug-likeness (QED) is 0.452. The van der Waals surface area contributed by atoms with E-state index in [1.165, 1.54) is 12.1 Å². The zero-order valence-corrected chi connectivity index (χ0v) is 15.2. The van der Waals surface area contributed by atoms with Crippen LogP contribution in [0.4, 0.5) is 0 Å². The third-order valence-corrected chi connectivity index (χ3v) is 4.31. The van der Waals surface area contributed by atoms with Gasteiger partial charge in [-0.2, -0.15) is 0 Å². The number of thiocarbonyl (C=S) groups is 1. The summed E-state index contributed by atoms with van der Waals surface area (Å²) in [6.45, 7) is 1.28. The van der Waals surface area contributed by atoms with Crippen molar-refractivity contribution in [3.05, 3.63) is 57.6 Å². The first-order valence-corrected chi connectivity index (χ1v) is 8.58. The van der Waals surface area contributed by atoms with Gasteiger partial charge in [-0.3, -0.25) is 0 Å². The second-order valence-electron chi connectivity index (χ2n) is 5.24. The van der Waals surface area contributed by atoms with Crippen LogP contribution in [0.3, 0.4) is 0 Å². The Labute approximate surface area is 156 Å². The van der Waals surface area contributed by atoms with E-state index in [1.807, 2.05) is 12.1 Å². The number of halogens is 2. The number of nitrogens with one attached hydrogen (secondary N) is 2. The molecular formula is C17H18Cl2N2O2S. The van der Waals surface area contributed by atoms with Gasteiger partial charge in [-0.05, 0) is 60.5 Å². The molecular weight excluding hydrogens is 367 g/mol. The minimum atomic E-state index is -0.121. The average Bonchev–Trinajstić information content (AvgIpc) is 2.53. The molecule has 0 saturated heterocycles. The monoisotopic (exact) mass is 384 g/mol. The fraction of sp³-hybridized carbons (Fsp3) is 0.235. The van der Waals surface area contributed by atoms with Crippen LogP contribution in [-0.2, 0) is 12.8 Å². The maximum Gasteiger partial charge on any atom is 0.166 e. The first kappa shape index (κ1) is 18.6. The van der Waals surface area contributed by atoms with E-state index in [9.17, 15) is 10.2 Å². The van der Waals surface area contributed by atoms with Crippen molar-refractivity contribution in [1.82, 2.24) is 10.6 Å². The predicted molar refractivity (Wildman–Crippen MR) is 102 cm³/mol. The van der Waals surface area contributed by atoms with Crippen molar-refractivity contribution in [1.29, 1.82) is 0 Å². The maximum absolute atomic E-state index is 9.44. The Hall–Kier alpha value is -1.69. The van der Waals surface area contributed by atoms with Crippen molar-refractivity contribution in [2.24, 2.45) is 0 Å². The summed E-state index contributed by atoms with van der Waals surface area (Å²) >= 11 is 17.2. The SMILES string of the molecule is Oc1ccc(CCNC(=S)NCCc2ccc(Cl)cc2Cl)cc1O. The van der Waals surface area contributed by atoms with E-state index < -0.39 is 0 Å². The number of hydrogen-bond donors (Lipinski definition) is 4. The van der Waals surface area contributed by atoms with Crippen LogP contribution < -0.4 is 10.6 Å². The van der Waals surface area contributed by atoms with Gasteiger partial charge in [0, 0.05) is 23.1 Å². The highest BCUT2D eigenvalue weighted by atomic mass is 35.5. The minimum Gasteiger partial charge on any atom is -0.504 e. The molecule has 128 valence electrons. The highest BCUT2D eigenvalue weighted by Gasteiger charge is 2.03. The summed E-state index contributed by atoms with van der Waals surface area (Å²) in [7, 11) is 0. The summed E-state index contributed by atoms with van der Waals surface area (Å²) in [5.41, 5.74) is 1.92. The van der Waals surface area contributed by atoms with Gasteiger partial charge >= 0.3 is 0 Å².